The number of benzene rings is 1. The Morgan fingerprint density at radius 3 is 2.63 bits per heavy atom. The zero-order valence-electron chi connectivity index (χ0n) is 20.1. The summed E-state index contributed by atoms with van der Waals surface area (Å²) in [5.41, 5.74) is 2.85. The van der Waals surface area contributed by atoms with E-state index in [-0.39, 0.29) is 29.7 Å². The van der Waals surface area contributed by atoms with E-state index in [1.807, 2.05) is 22.4 Å². The molecule has 0 spiro atoms. The molecule has 4 heterocycles. The molecule has 0 N–H and O–H groups in total. The van der Waals surface area contributed by atoms with Crippen molar-refractivity contribution in [2.75, 3.05) is 37.6 Å². The van der Waals surface area contributed by atoms with Gasteiger partial charge in [0, 0.05) is 69.0 Å². The van der Waals surface area contributed by atoms with Gasteiger partial charge in [-0.05, 0) is 30.5 Å². The van der Waals surface area contributed by atoms with Crippen molar-refractivity contribution < 1.29 is 9.59 Å². The van der Waals surface area contributed by atoms with Crippen molar-refractivity contribution in [3.63, 3.8) is 0 Å². The molecule has 0 aliphatic carbocycles. The fourth-order valence-corrected chi connectivity index (χ4v) is 5.67. The third kappa shape index (κ3) is 5.16. The van der Waals surface area contributed by atoms with Crippen molar-refractivity contribution in [3.8, 4) is 0 Å². The summed E-state index contributed by atoms with van der Waals surface area (Å²) in [7, 11) is 0. The second-order valence-corrected chi connectivity index (χ2v) is 10.3. The van der Waals surface area contributed by atoms with Crippen LogP contribution in [0, 0.1) is 5.92 Å². The molecular formula is C26H31N5O3S. The van der Waals surface area contributed by atoms with Gasteiger partial charge in [0.2, 0.25) is 11.8 Å². The molecule has 2 amide bonds. The monoisotopic (exact) mass is 493 g/mol. The molecule has 0 saturated carbocycles. The Hall–Kier alpha value is -3.04. The van der Waals surface area contributed by atoms with Crippen LogP contribution < -0.4 is 10.5 Å². The lowest BCUT2D eigenvalue weighted by Gasteiger charge is -2.35. The van der Waals surface area contributed by atoms with E-state index in [1.54, 1.807) is 21.6 Å². The van der Waals surface area contributed by atoms with E-state index in [2.05, 4.69) is 28.9 Å². The highest BCUT2D eigenvalue weighted by molar-refractivity contribution is 7.15. The molecule has 3 aromatic rings. The number of anilines is 1. The van der Waals surface area contributed by atoms with Gasteiger partial charge >= 0.3 is 0 Å². The van der Waals surface area contributed by atoms with Crippen molar-refractivity contribution in [1.82, 2.24) is 19.2 Å². The summed E-state index contributed by atoms with van der Waals surface area (Å²) in [5.74, 6) is -0.210. The average Bonchev–Trinajstić information content (AvgIpc) is 3.50. The third-order valence-electron chi connectivity index (χ3n) is 6.97. The Balaban J connectivity index is 1.15. The molecule has 1 aromatic carbocycles. The number of unbranched alkanes of at least 4 members (excludes halogenated alkanes) is 1. The molecule has 2 aliphatic heterocycles. The van der Waals surface area contributed by atoms with Gasteiger partial charge < -0.3 is 9.80 Å². The predicted molar refractivity (Wildman–Crippen MR) is 137 cm³/mol. The Labute approximate surface area is 208 Å². The van der Waals surface area contributed by atoms with Crippen molar-refractivity contribution in [2.45, 2.75) is 39.2 Å². The van der Waals surface area contributed by atoms with Crippen molar-refractivity contribution in [2.24, 2.45) is 5.92 Å². The highest BCUT2D eigenvalue weighted by Gasteiger charge is 2.38. The number of amides is 2. The zero-order chi connectivity index (χ0) is 24.4. The fraction of sp³-hybridized carbons (Fsp3) is 0.462. The van der Waals surface area contributed by atoms with Gasteiger partial charge in [0.25, 0.3) is 5.56 Å². The van der Waals surface area contributed by atoms with E-state index in [1.165, 1.54) is 16.9 Å². The lowest BCUT2D eigenvalue weighted by Crippen LogP contribution is -2.50. The number of carbonyl (C=O) groups is 2. The molecule has 2 aromatic heterocycles. The molecule has 184 valence electrons. The smallest absolute Gasteiger partial charge is 0.258 e. The van der Waals surface area contributed by atoms with Crippen molar-refractivity contribution >= 4 is 33.8 Å². The maximum Gasteiger partial charge on any atom is 0.258 e. The Morgan fingerprint density at radius 1 is 1.11 bits per heavy atom. The van der Waals surface area contributed by atoms with E-state index >= 15 is 0 Å². The Bertz CT molecular complexity index is 1260. The number of rotatable bonds is 7. The van der Waals surface area contributed by atoms with Crippen LogP contribution in [0.25, 0.3) is 4.96 Å². The van der Waals surface area contributed by atoms with Crippen molar-refractivity contribution in [3.05, 3.63) is 63.5 Å². The van der Waals surface area contributed by atoms with Gasteiger partial charge in [-0.25, -0.2) is 4.98 Å². The second kappa shape index (κ2) is 10.3. The number of hydrogen-bond acceptors (Lipinski definition) is 6. The Morgan fingerprint density at radius 2 is 1.89 bits per heavy atom. The summed E-state index contributed by atoms with van der Waals surface area (Å²) in [6, 6.07) is 9.77. The number of nitrogens with zero attached hydrogens (tertiary/aromatic N) is 5. The molecule has 5 rings (SSSR count). The van der Waals surface area contributed by atoms with Crippen LogP contribution in [-0.4, -0.2) is 63.7 Å². The molecule has 0 radical (unpaired) electrons. The molecule has 2 fully saturated rings. The zero-order valence-corrected chi connectivity index (χ0v) is 20.9. The molecule has 8 nitrogen and oxygen atoms in total. The molecule has 0 bridgehead atoms. The van der Waals surface area contributed by atoms with Gasteiger partial charge in [-0.15, -0.1) is 11.3 Å². The fourth-order valence-electron chi connectivity index (χ4n) is 4.93. The van der Waals surface area contributed by atoms with Crippen LogP contribution in [0.5, 0.6) is 0 Å². The van der Waals surface area contributed by atoms with Crippen LogP contribution >= 0.6 is 11.3 Å². The summed E-state index contributed by atoms with van der Waals surface area (Å²) in [6.07, 6.45) is 5.37. The lowest BCUT2D eigenvalue weighted by molar-refractivity contribution is -0.137. The third-order valence-corrected chi connectivity index (χ3v) is 7.72. The summed E-state index contributed by atoms with van der Waals surface area (Å²) in [4.78, 5) is 49.3. The number of aryl methyl sites for hydroxylation is 1. The highest BCUT2D eigenvalue weighted by atomic mass is 32.1. The molecular weight excluding hydrogens is 462 g/mol. The van der Waals surface area contributed by atoms with Gasteiger partial charge in [-0.1, -0.05) is 25.5 Å². The normalized spacial score (nSPS) is 19.1. The number of carbonyl (C=O) groups excluding carboxylic acids is 2. The van der Waals surface area contributed by atoms with Crippen molar-refractivity contribution in [1.29, 1.82) is 0 Å². The SMILES string of the molecule is CCCCc1ccc(N2CC(C(=O)N3CCN(Cc4cc(=O)n5ccsc5n4)CC3)CC2=O)cc1. The van der Waals surface area contributed by atoms with E-state index in [0.717, 1.165) is 43.7 Å². The minimum atomic E-state index is -0.295. The molecule has 1 unspecified atom stereocenters. The summed E-state index contributed by atoms with van der Waals surface area (Å²) >= 11 is 1.45. The number of piperazine rings is 1. The van der Waals surface area contributed by atoms with E-state index in [0.29, 0.717) is 31.1 Å². The topological polar surface area (TPSA) is 78.2 Å². The first kappa shape index (κ1) is 23.7. The first-order valence-electron chi connectivity index (χ1n) is 12.4. The molecule has 2 saturated heterocycles. The lowest BCUT2D eigenvalue weighted by atomic mass is 10.1. The van der Waals surface area contributed by atoms with Gasteiger partial charge in [0.05, 0.1) is 11.6 Å². The number of hydrogen-bond donors (Lipinski definition) is 0. The quantitative estimate of drug-likeness (QED) is 0.506. The summed E-state index contributed by atoms with van der Waals surface area (Å²) in [6.45, 7) is 5.91. The van der Waals surface area contributed by atoms with E-state index in [9.17, 15) is 14.4 Å². The van der Waals surface area contributed by atoms with Gasteiger partial charge in [-0.3, -0.25) is 23.7 Å². The minimum absolute atomic E-state index is 0.0182. The first-order chi connectivity index (χ1) is 17.0. The van der Waals surface area contributed by atoms with Crippen LogP contribution in [0.15, 0.2) is 46.7 Å². The highest BCUT2D eigenvalue weighted by Crippen LogP contribution is 2.27. The van der Waals surface area contributed by atoms with E-state index < -0.39 is 0 Å². The molecule has 9 heteroatoms. The molecule has 1 atom stereocenters. The number of fused-ring (bicyclic) bond motifs is 1. The summed E-state index contributed by atoms with van der Waals surface area (Å²) < 4.78 is 1.55. The standard InChI is InChI=1S/C26H31N5O3S/c1-2-3-4-19-5-7-22(8-6-19)31-17-20(15-23(31)32)25(34)29-11-9-28(10-12-29)18-21-16-24(33)30-13-14-35-26(30)27-21/h5-8,13-14,16,20H,2-4,9-12,15,17-18H2,1H3. The largest absolute Gasteiger partial charge is 0.340 e. The van der Waals surface area contributed by atoms with Gasteiger partial charge in [0.1, 0.15) is 0 Å². The van der Waals surface area contributed by atoms with E-state index in [4.69, 9.17) is 0 Å². The Kier molecular flexibility index (Phi) is 6.97. The molecule has 2 aliphatic rings. The average molecular weight is 494 g/mol. The van der Waals surface area contributed by atoms with Crippen LogP contribution in [0.3, 0.4) is 0 Å². The second-order valence-electron chi connectivity index (χ2n) is 9.42. The van der Waals surface area contributed by atoms with Crippen LogP contribution in [0.2, 0.25) is 0 Å². The van der Waals surface area contributed by atoms with Crippen LogP contribution in [0.1, 0.15) is 37.4 Å². The first-order valence-corrected chi connectivity index (χ1v) is 13.3. The molecule has 35 heavy (non-hydrogen) atoms. The van der Waals surface area contributed by atoms with Crippen LogP contribution in [-0.2, 0) is 22.6 Å². The number of thiazole rings is 1. The number of aromatic nitrogens is 2. The summed E-state index contributed by atoms with van der Waals surface area (Å²) in [5, 5.41) is 1.86. The van der Waals surface area contributed by atoms with Crippen LogP contribution in [0.4, 0.5) is 5.69 Å². The van der Waals surface area contributed by atoms with Gasteiger partial charge in [0.15, 0.2) is 4.96 Å². The van der Waals surface area contributed by atoms with Gasteiger partial charge in [-0.2, -0.15) is 0 Å². The minimum Gasteiger partial charge on any atom is -0.340 e. The maximum absolute atomic E-state index is 13.2. The maximum atomic E-state index is 13.2. The predicted octanol–water partition coefficient (Wildman–Crippen LogP) is 2.80.